The first-order valence-electron chi connectivity index (χ1n) is 7.35. The molecule has 0 heterocycles. The summed E-state index contributed by atoms with van der Waals surface area (Å²) in [6.45, 7) is 0.841. The predicted molar refractivity (Wildman–Crippen MR) is 80.6 cm³/mol. The number of ether oxygens (including phenoxy) is 2. The van der Waals surface area contributed by atoms with E-state index in [1.54, 1.807) is 14.2 Å². The maximum atomic E-state index is 6.24. The SMILES string of the molecule is COc1cc(CNC2CC3CCC2C3)cc(Cl)c1OC. The smallest absolute Gasteiger partial charge is 0.179 e. The largest absolute Gasteiger partial charge is 0.493 e. The van der Waals surface area contributed by atoms with Gasteiger partial charge >= 0.3 is 0 Å². The minimum absolute atomic E-state index is 0.608. The molecule has 0 aliphatic heterocycles. The van der Waals surface area contributed by atoms with Crippen molar-refractivity contribution >= 4 is 11.6 Å². The molecule has 1 N–H and O–H groups in total. The van der Waals surface area contributed by atoms with Crippen LogP contribution < -0.4 is 14.8 Å². The summed E-state index contributed by atoms with van der Waals surface area (Å²) in [6, 6.07) is 4.65. The van der Waals surface area contributed by atoms with E-state index in [1.165, 1.54) is 25.7 Å². The summed E-state index contributed by atoms with van der Waals surface area (Å²) >= 11 is 6.24. The van der Waals surface area contributed by atoms with Crippen molar-refractivity contribution in [3.63, 3.8) is 0 Å². The zero-order chi connectivity index (χ0) is 14.1. The fourth-order valence-corrected chi connectivity index (χ4v) is 4.13. The second-order valence-electron chi connectivity index (χ2n) is 5.98. The molecule has 0 saturated heterocycles. The zero-order valence-electron chi connectivity index (χ0n) is 12.1. The molecule has 0 aromatic heterocycles. The topological polar surface area (TPSA) is 30.5 Å². The molecule has 20 heavy (non-hydrogen) atoms. The fourth-order valence-electron chi connectivity index (χ4n) is 3.82. The molecular weight excluding hydrogens is 274 g/mol. The van der Waals surface area contributed by atoms with Crippen molar-refractivity contribution in [2.24, 2.45) is 11.8 Å². The number of nitrogens with one attached hydrogen (secondary N) is 1. The molecule has 2 aliphatic carbocycles. The van der Waals surface area contributed by atoms with E-state index in [9.17, 15) is 0 Å². The normalized spacial score (nSPS) is 27.9. The number of benzene rings is 1. The van der Waals surface area contributed by atoms with Gasteiger partial charge in [0.15, 0.2) is 11.5 Å². The average molecular weight is 296 g/mol. The molecule has 2 saturated carbocycles. The van der Waals surface area contributed by atoms with Crippen molar-refractivity contribution in [1.29, 1.82) is 0 Å². The summed E-state index contributed by atoms with van der Waals surface area (Å²) in [6.07, 6.45) is 5.59. The fraction of sp³-hybridized carbons (Fsp3) is 0.625. The van der Waals surface area contributed by atoms with Gasteiger partial charge < -0.3 is 14.8 Å². The third-order valence-corrected chi connectivity index (χ3v) is 5.08. The Morgan fingerprint density at radius 1 is 1.20 bits per heavy atom. The Hall–Kier alpha value is -0.930. The molecule has 0 spiro atoms. The van der Waals surface area contributed by atoms with Crippen molar-refractivity contribution in [3.05, 3.63) is 22.7 Å². The van der Waals surface area contributed by atoms with Crippen LogP contribution in [0.25, 0.3) is 0 Å². The maximum Gasteiger partial charge on any atom is 0.179 e. The predicted octanol–water partition coefficient (Wildman–Crippen LogP) is 3.64. The van der Waals surface area contributed by atoms with Gasteiger partial charge in [-0.1, -0.05) is 18.0 Å². The van der Waals surface area contributed by atoms with Gasteiger partial charge in [-0.15, -0.1) is 0 Å². The van der Waals surface area contributed by atoms with Crippen LogP contribution >= 0.6 is 11.6 Å². The highest BCUT2D eigenvalue weighted by molar-refractivity contribution is 6.32. The minimum atomic E-state index is 0.608. The van der Waals surface area contributed by atoms with Gasteiger partial charge in [-0.2, -0.15) is 0 Å². The standard InChI is InChI=1S/C16H22ClNO2/c1-19-15-8-11(6-13(17)16(15)20-2)9-18-14-7-10-3-4-12(14)5-10/h6,8,10,12,14,18H,3-5,7,9H2,1-2H3. The van der Waals surface area contributed by atoms with E-state index in [4.69, 9.17) is 21.1 Å². The minimum Gasteiger partial charge on any atom is -0.493 e. The van der Waals surface area contributed by atoms with Crippen LogP contribution in [0.3, 0.4) is 0 Å². The molecular formula is C16H22ClNO2. The lowest BCUT2D eigenvalue weighted by Crippen LogP contribution is -2.33. The second kappa shape index (κ2) is 5.82. The molecule has 3 atom stereocenters. The molecule has 3 nitrogen and oxygen atoms in total. The van der Waals surface area contributed by atoms with E-state index in [0.29, 0.717) is 22.6 Å². The Kier molecular flexibility index (Phi) is 4.08. The van der Waals surface area contributed by atoms with Crippen LogP contribution in [0.5, 0.6) is 11.5 Å². The Morgan fingerprint density at radius 2 is 2.05 bits per heavy atom. The molecule has 2 fully saturated rings. The number of halogens is 1. The van der Waals surface area contributed by atoms with Gasteiger partial charge in [-0.05, 0) is 48.8 Å². The lowest BCUT2D eigenvalue weighted by molar-refractivity contribution is 0.346. The van der Waals surface area contributed by atoms with Crippen LogP contribution in [0.15, 0.2) is 12.1 Å². The quantitative estimate of drug-likeness (QED) is 0.900. The van der Waals surface area contributed by atoms with E-state index in [-0.39, 0.29) is 0 Å². The van der Waals surface area contributed by atoms with Crippen molar-refractivity contribution < 1.29 is 9.47 Å². The summed E-state index contributed by atoms with van der Waals surface area (Å²) in [5.74, 6) is 3.16. The summed E-state index contributed by atoms with van der Waals surface area (Å²) in [5, 5.41) is 4.30. The van der Waals surface area contributed by atoms with Gasteiger partial charge in [0.05, 0.1) is 19.2 Å². The molecule has 2 aliphatic rings. The van der Waals surface area contributed by atoms with E-state index in [1.807, 2.05) is 12.1 Å². The monoisotopic (exact) mass is 295 g/mol. The molecule has 1 aromatic rings. The van der Waals surface area contributed by atoms with Crippen LogP contribution in [-0.2, 0) is 6.54 Å². The lowest BCUT2D eigenvalue weighted by Gasteiger charge is -2.23. The highest BCUT2D eigenvalue weighted by atomic mass is 35.5. The summed E-state index contributed by atoms with van der Waals surface area (Å²) < 4.78 is 10.6. The Labute approximate surface area is 125 Å². The highest BCUT2D eigenvalue weighted by Gasteiger charge is 2.38. The molecule has 0 radical (unpaired) electrons. The summed E-state index contributed by atoms with van der Waals surface area (Å²) in [7, 11) is 3.25. The third kappa shape index (κ3) is 2.61. The summed E-state index contributed by atoms with van der Waals surface area (Å²) in [4.78, 5) is 0. The zero-order valence-corrected chi connectivity index (χ0v) is 12.9. The van der Waals surface area contributed by atoms with Crippen molar-refractivity contribution in [3.8, 4) is 11.5 Å². The van der Waals surface area contributed by atoms with Crippen LogP contribution in [0, 0.1) is 11.8 Å². The Bertz CT molecular complexity index is 492. The first-order chi connectivity index (χ1) is 9.71. The number of methoxy groups -OCH3 is 2. The van der Waals surface area contributed by atoms with E-state index < -0.39 is 0 Å². The second-order valence-corrected chi connectivity index (χ2v) is 6.38. The average Bonchev–Trinajstić information content (AvgIpc) is 3.06. The van der Waals surface area contributed by atoms with Crippen LogP contribution in [0.1, 0.15) is 31.2 Å². The van der Waals surface area contributed by atoms with Gasteiger partial charge in [0.25, 0.3) is 0 Å². The van der Waals surface area contributed by atoms with Gasteiger partial charge in [0.2, 0.25) is 0 Å². The van der Waals surface area contributed by atoms with Gasteiger partial charge in [-0.25, -0.2) is 0 Å². The van der Waals surface area contributed by atoms with E-state index in [0.717, 1.165) is 23.9 Å². The number of hydrogen-bond acceptors (Lipinski definition) is 3. The number of rotatable bonds is 5. The molecule has 3 rings (SSSR count). The lowest BCUT2D eigenvalue weighted by atomic mass is 9.95. The highest BCUT2D eigenvalue weighted by Crippen LogP contribution is 2.44. The van der Waals surface area contributed by atoms with E-state index >= 15 is 0 Å². The Balaban J connectivity index is 1.67. The van der Waals surface area contributed by atoms with Crippen molar-refractivity contribution in [2.45, 2.75) is 38.3 Å². The number of fused-ring (bicyclic) bond motifs is 2. The number of hydrogen-bond donors (Lipinski definition) is 1. The molecule has 1 aromatic carbocycles. The molecule has 2 bridgehead atoms. The van der Waals surface area contributed by atoms with Gasteiger partial charge in [-0.3, -0.25) is 0 Å². The molecule has 4 heteroatoms. The third-order valence-electron chi connectivity index (χ3n) is 4.80. The maximum absolute atomic E-state index is 6.24. The van der Waals surface area contributed by atoms with Gasteiger partial charge in [0.1, 0.15) is 0 Å². The first kappa shape index (κ1) is 14.0. The van der Waals surface area contributed by atoms with Crippen molar-refractivity contribution in [2.75, 3.05) is 14.2 Å². The molecule has 110 valence electrons. The Morgan fingerprint density at radius 3 is 2.65 bits per heavy atom. The van der Waals surface area contributed by atoms with E-state index in [2.05, 4.69) is 5.32 Å². The van der Waals surface area contributed by atoms with Crippen LogP contribution in [0.2, 0.25) is 5.02 Å². The first-order valence-corrected chi connectivity index (χ1v) is 7.72. The van der Waals surface area contributed by atoms with Crippen LogP contribution in [0.4, 0.5) is 0 Å². The molecule has 0 amide bonds. The van der Waals surface area contributed by atoms with Gasteiger partial charge in [0, 0.05) is 12.6 Å². The van der Waals surface area contributed by atoms with Crippen molar-refractivity contribution in [1.82, 2.24) is 5.32 Å². The summed E-state index contributed by atoms with van der Waals surface area (Å²) in [5.41, 5.74) is 1.15. The molecule has 3 unspecified atom stereocenters. The van der Waals surface area contributed by atoms with Crippen LogP contribution in [-0.4, -0.2) is 20.3 Å².